The van der Waals surface area contributed by atoms with Gasteiger partial charge in [-0.1, -0.05) is 0 Å². The van der Waals surface area contributed by atoms with Gasteiger partial charge < -0.3 is 14.5 Å². The zero-order valence-corrected chi connectivity index (χ0v) is 16.0. The van der Waals surface area contributed by atoms with E-state index in [1.165, 1.54) is 6.92 Å². The van der Waals surface area contributed by atoms with Crippen molar-refractivity contribution in [1.82, 2.24) is 9.88 Å². The van der Waals surface area contributed by atoms with Gasteiger partial charge >= 0.3 is 0 Å². The van der Waals surface area contributed by atoms with Crippen LogP contribution in [0, 0.1) is 11.3 Å². The Hall–Kier alpha value is -3.40. The number of nitrogens with zero attached hydrogens (tertiary/aromatic N) is 4. The number of piperazine rings is 1. The van der Waals surface area contributed by atoms with Crippen molar-refractivity contribution >= 4 is 17.5 Å². The van der Waals surface area contributed by atoms with Gasteiger partial charge in [0.2, 0.25) is 5.91 Å². The van der Waals surface area contributed by atoms with E-state index in [0.29, 0.717) is 48.6 Å². The number of hydrogen-bond donors (Lipinski definition) is 0. The van der Waals surface area contributed by atoms with E-state index in [2.05, 4.69) is 16.0 Å². The highest BCUT2D eigenvalue weighted by Gasteiger charge is 2.23. The van der Waals surface area contributed by atoms with E-state index in [1.54, 1.807) is 43.6 Å². The van der Waals surface area contributed by atoms with E-state index in [9.17, 15) is 9.59 Å². The topological polar surface area (TPSA) is 86.5 Å². The van der Waals surface area contributed by atoms with Crippen molar-refractivity contribution in [1.29, 1.82) is 5.26 Å². The quantitative estimate of drug-likeness (QED) is 0.740. The average Bonchev–Trinajstić information content (AvgIpc) is 2.73. The third-order valence-electron chi connectivity index (χ3n) is 4.86. The highest BCUT2D eigenvalue weighted by atomic mass is 16.5. The number of methoxy groups -OCH3 is 1. The summed E-state index contributed by atoms with van der Waals surface area (Å²) in [5, 5.41) is 9.03. The molecular formula is C21H22N4O3. The summed E-state index contributed by atoms with van der Waals surface area (Å²) < 4.78 is 5.34. The van der Waals surface area contributed by atoms with Crippen LogP contribution >= 0.6 is 0 Å². The van der Waals surface area contributed by atoms with Crippen molar-refractivity contribution in [2.75, 3.05) is 38.2 Å². The predicted molar refractivity (Wildman–Crippen MR) is 104 cm³/mol. The third kappa shape index (κ3) is 4.29. The normalized spacial score (nSPS) is 13.8. The van der Waals surface area contributed by atoms with Gasteiger partial charge in [-0.25, -0.2) is 4.98 Å². The molecule has 0 saturated carbocycles. The summed E-state index contributed by atoms with van der Waals surface area (Å²) in [6, 6.07) is 10.7. The van der Waals surface area contributed by atoms with Crippen LogP contribution in [0.25, 0.3) is 0 Å². The molecule has 1 aromatic carbocycles. The Morgan fingerprint density at radius 3 is 2.57 bits per heavy atom. The molecular weight excluding hydrogens is 356 g/mol. The zero-order chi connectivity index (χ0) is 20.1. The van der Waals surface area contributed by atoms with Gasteiger partial charge in [0.1, 0.15) is 11.6 Å². The van der Waals surface area contributed by atoms with Gasteiger partial charge in [0.05, 0.1) is 25.2 Å². The first-order chi connectivity index (χ1) is 13.5. The van der Waals surface area contributed by atoms with Gasteiger partial charge in [-0.05, 0) is 37.3 Å². The third-order valence-corrected chi connectivity index (χ3v) is 4.86. The van der Waals surface area contributed by atoms with Crippen molar-refractivity contribution in [3.05, 3.63) is 53.2 Å². The van der Waals surface area contributed by atoms with E-state index in [-0.39, 0.29) is 18.1 Å². The lowest BCUT2D eigenvalue weighted by atomic mass is 10.0. The van der Waals surface area contributed by atoms with Crippen LogP contribution in [0.2, 0.25) is 0 Å². The van der Waals surface area contributed by atoms with Crippen LogP contribution in [0.4, 0.5) is 5.82 Å². The van der Waals surface area contributed by atoms with Crippen LogP contribution < -0.4 is 9.64 Å². The smallest absolute Gasteiger partial charge is 0.227 e. The lowest BCUT2D eigenvalue weighted by Gasteiger charge is -2.35. The van der Waals surface area contributed by atoms with Crippen LogP contribution in [0.1, 0.15) is 28.4 Å². The lowest BCUT2D eigenvalue weighted by molar-refractivity contribution is -0.130. The summed E-state index contributed by atoms with van der Waals surface area (Å²) in [6.07, 6.45) is 1.81. The van der Waals surface area contributed by atoms with E-state index >= 15 is 0 Å². The zero-order valence-electron chi connectivity index (χ0n) is 16.0. The fraction of sp³-hybridized carbons (Fsp3) is 0.333. The van der Waals surface area contributed by atoms with Gasteiger partial charge in [-0.3, -0.25) is 9.59 Å². The maximum absolute atomic E-state index is 12.8. The Morgan fingerprint density at radius 2 is 1.93 bits per heavy atom. The molecule has 1 aliphatic heterocycles. The van der Waals surface area contributed by atoms with Crippen LogP contribution in [0.5, 0.6) is 5.75 Å². The fourth-order valence-corrected chi connectivity index (χ4v) is 3.26. The summed E-state index contributed by atoms with van der Waals surface area (Å²) in [4.78, 5) is 32.6. The molecule has 0 spiro atoms. The van der Waals surface area contributed by atoms with Crippen molar-refractivity contribution in [3.63, 3.8) is 0 Å². The van der Waals surface area contributed by atoms with E-state index < -0.39 is 0 Å². The van der Waals surface area contributed by atoms with Gasteiger partial charge in [-0.2, -0.15) is 5.26 Å². The number of pyridine rings is 1. The van der Waals surface area contributed by atoms with Crippen molar-refractivity contribution in [2.45, 2.75) is 13.3 Å². The monoisotopic (exact) mass is 378 g/mol. The Labute approximate surface area is 164 Å². The number of ketones is 1. The summed E-state index contributed by atoms with van der Waals surface area (Å²) in [6.45, 7) is 3.95. The number of rotatable bonds is 5. The van der Waals surface area contributed by atoms with Crippen molar-refractivity contribution < 1.29 is 14.3 Å². The highest BCUT2D eigenvalue weighted by molar-refractivity contribution is 5.94. The van der Waals surface area contributed by atoms with E-state index in [4.69, 9.17) is 10.00 Å². The number of Topliss-reactive ketones (excluding diaryl/α,β-unsaturated/α-hetero) is 1. The van der Waals surface area contributed by atoms with E-state index in [0.717, 1.165) is 5.82 Å². The first kappa shape index (κ1) is 19.4. The minimum atomic E-state index is -0.0444. The number of hydrogen-bond acceptors (Lipinski definition) is 6. The maximum atomic E-state index is 12.8. The summed E-state index contributed by atoms with van der Waals surface area (Å²) in [5.41, 5.74) is 1.85. The number of benzene rings is 1. The largest absolute Gasteiger partial charge is 0.496 e. The lowest BCUT2D eigenvalue weighted by Crippen LogP contribution is -2.49. The number of ether oxygens (including phenoxy) is 1. The average molecular weight is 378 g/mol. The number of nitriles is 1. The molecule has 1 aliphatic rings. The Balaban J connectivity index is 1.65. The number of amides is 1. The molecule has 144 valence electrons. The first-order valence-corrected chi connectivity index (χ1v) is 9.08. The molecule has 7 nitrogen and oxygen atoms in total. The second-order valence-electron chi connectivity index (χ2n) is 6.64. The Bertz CT molecular complexity index is 927. The molecule has 1 saturated heterocycles. The minimum Gasteiger partial charge on any atom is -0.496 e. The van der Waals surface area contributed by atoms with Gasteiger partial charge in [-0.15, -0.1) is 0 Å². The highest BCUT2D eigenvalue weighted by Crippen LogP contribution is 2.22. The molecule has 0 unspecified atom stereocenters. The second-order valence-corrected chi connectivity index (χ2v) is 6.64. The second kappa shape index (κ2) is 8.53. The molecule has 2 heterocycles. The molecule has 3 rings (SSSR count). The summed E-state index contributed by atoms with van der Waals surface area (Å²) in [7, 11) is 1.55. The van der Waals surface area contributed by atoms with Crippen LogP contribution in [0.3, 0.4) is 0 Å². The molecule has 28 heavy (non-hydrogen) atoms. The molecule has 0 radical (unpaired) electrons. The molecule has 1 amide bonds. The summed E-state index contributed by atoms with van der Waals surface area (Å²) in [5.74, 6) is 1.31. The van der Waals surface area contributed by atoms with Gasteiger partial charge in [0.15, 0.2) is 5.78 Å². The molecule has 1 aromatic heterocycles. The molecule has 7 heteroatoms. The number of aromatic nitrogens is 1. The molecule has 0 atom stereocenters. The van der Waals surface area contributed by atoms with Crippen molar-refractivity contribution in [3.8, 4) is 11.8 Å². The molecule has 0 bridgehead atoms. The number of anilines is 1. The van der Waals surface area contributed by atoms with Gasteiger partial charge in [0, 0.05) is 43.5 Å². The first-order valence-electron chi connectivity index (χ1n) is 9.08. The van der Waals surface area contributed by atoms with Crippen LogP contribution in [0.15, 0.2) is 36.5 Å². The molecule has 0 N–H and O–H groups in total. The SMILES string of the molecule is COc1ccc(C(C)=O)cc1CC(=O)N1CCN(c2cc(C#N)ccn2)CC1. The van der Waals surface area contributed by atoms with Gasteiger partial charge in [0.25, 0.3) is 0 Å². The van der Waals surface area contributed by atoms with Crippen molar-refractivity contribution in [2.24, 2.45) is 0 Å². The minimum absolute atomic E-state index is 0.00242. The molecule has 1 fully saturated rings. The number of carbonyl (C=O) groups is 2. The maximum Gasteiger partial charge on any atom is 0.227 e. The van der Waals surface area contributed by atoms with Crippen LogP contribution in [-0.2, 0) is 11.2 Å². The summed E-state index contributed by atoms with van der Waals surface area (Å²) >= 11 is 0. The number of carbonyl (C=O) groups excluding carboxylic acids is 2. The predicted octanol–water partition coefficient (Wildman–Crippen LogP) is 2.06. The fourth-order valence-electron chi connectivity index (χ4n) is 3.26. The Kier molecular flexibility index (Phi) is 5.90. The molecule has 2 aromatic rings. The van der Waals surface area contributed by atoms with Crippen LogP contribution in [-0.4, -0.2) is 54.9 Å². The standard InChI is InChI=1S/C21H22N4O3/c1-15(26)17-3-4-19(28-2)18(12-17)13-21(27)25-9-7-24(8-10-25)20-11-16(14-22)5-6-23-20/h3-6,11-12H,7-10,13H2,1-2H3. The van der Waals surface area contributed by atoms with E-state index in [1.807, 2.05) is 4.90 Å². The Morgan fingerprint density at radius 1 is 1.18 bits per heavy atom. The molecule has 0 aliphatic carbocycles.